The van der Waals surface area contributed by atoms with Crippen molar-refractivity contribution in [1.82, 2.24) is 9.91 Å². The second-order valence-corrected chi connectivity index (χ2v) is 8.82. The predicted octanol–water partition coefficient (Wildman–Crippen LogP) is 4.10. The maximum absolute atomic E-state index is 13.6. The Morgan fingerprint density at radius 2 is 1.85 bits per heavy atom. The molecular formula is C27H33N3O4. The molecule has 0 radical (unpaired) electrons. The predicted molar refractivity (Wildman–Crippen MR) is 131 cm³/mol. The lowest BCUT2D eigenvalue weighted by atomic mass is 9.95. The van der Waals surface area contributed by atoms with Crippen LogP contribution >= 0.6 is 0 Å². The number of hydrazone groups is 1. The van der Waals surface area contributed by atoms with Gasteiger partial charge >= 0.3 is 5.97 Å². The normalized spacial score (nSPS) is 20.7. The molecule has 1 saturated heterocycles. The van der Waals surface area contributed by atoms with Crippen LogP contribution in [0.4, 0.5) is 0 Å². The highest BCUT2D eigenvalue weighted by Crippen LogP contribution is 2.35. The lowest BCUT2D eigenvalue weighted by molar-refractivity contribution is -0.152. The molecule has 0 N–H and O–H groups in total. The Balaban J connectivity index is 1.60. The van der Waals surface area contributed by atoms with Crippen molar-refractivity contribution in [3.63, 3.8) is 0 Å². The van der Waals surface area contributed by atoms with Gasteiger partial charge in [0.25, 0.3) is 5.91 Å². The summed E-state index contributed by atoms with van der Waals surface area (Å²) in [6, 6.07) is 15.3. The minimum absolute atomic E-state index is 0.104. The van der Waals surface area contributed by atoms with E-state index in [1.807, 2.05) is 48.2 Å². The Morgan fingerprint density at radius 1 is 1.09 bits per heavy atom. The zero-order valence-corrected chi connectivity index (χ0v) is 20.2. The minimum atomic E-state index is -0.373. The SMILES string of the molecule is CCOC(=O)[C@H]1CCCCN1CC(=O)N1N=C(c2ccc(OC)cc2)C[C@H]1c1ccccc1C. The van der Waals surface area contributed by atoms with Crippen LogP contribution in [0.5, 0.6) is 5.75 Å². The van der Waals surface area contributed by atoms with Crippen LogP contribution in [-0.4, -0.2) is 60.3 Å². The maximum atomic E-state index is 13.6. The van der Waals surface area contributed by atoms with E-state index in [-0.39, 0.29) is 30.5 Å². The smallest absolute Gasteiger partial charge is 0.323 e. The number of piperidine rings is 1. The number of aryl methyl sites for hydroxylation is 1. The van der Waals surface area contributed by atoms with Gasteiger partial charge in [-0.05, 0) is 74.2 Å². The molecule has 0 bridgehead atoms. The van der Waals surface area contributed by atoms with Crippen molar-refractivity contribution in [3.05, 3.63) is 65.2 Å². The fourth-order valence-electron chi connectivity index (χ4n) is 4.83. The molecule has 4 rings (SSSR count). The molecule has 2 heterocycles. The number of hydrogen-bond donors (Lipinski definition) is 0. The van der Waals surface area contributed by atoms with Crippen LogP contribution < -0.4 is 4.74 Å². The van der Waals surface area contributed by atoms with Crippen LogP contribution in [0, 0.1) is 6.92 Å². The van der Waals surface area contributed by atoms with Crippen molar-refractivity contribution in [2.45, 2.75) is 51.6 Å². The lowest BCUT2D eigenvalue weighted by Gasteiger charge is -2.34. The first-order valence-corrected chi connectivity index (χ1v) is 12.0. The molecule has 34 heavy (non-hydrogen) atoms. The van der Waals surface area contributed by atoms with Crippen LogP contribution in [0.3, 0.4) is 0 Å². The highest BCUT2D eigenvalue weighted by atomic mass is 16.5. The minimum Gasteiger partial charge on any atom is -0.497 e. The van der Waals surface area contributed by atoms with Crippen molar-refractivity contribution in [2.24, 2.45) is 5.10 Å². The number of nitrogens with zero attached hydrogens (tertiary/aromatic N) is 3. The third-order valence-electron chi connectivity index (χ3n) is 6.65. The van der Waals surface area contributed by atoms with Crippen LogP contribution in [0.1, 0.15) is 55.3 Å². The lowest BCUT2D eigenvalue weighted by Crippen LogP contribution is -2.49. The first kappa shape index (κ1) is 24.0. The molecule has 2 atom stereocenters. The van der Waals surface area contributed by atoms with E-state index < -0.39 is 0 Å². The van der Waals surface area contributed by atoms with E-state index in [9.17, 15) is 9.59 Å². The molecule has 0 aliphatic carbocycles. The van der Waals surface area contributed by atoms with E-state index in [1.165, 1.54) is 0 Å². The third-order valence-corrected chi connectivity index (χ3v) is 6.65. The van der Waals surface area contributed by atoms with Crippen molar-refractivity contribution in [3.8, 4) is 5.75 Å². The van der Waals surface area contributed by atoms with Crippen molar-refractivity contribution < 1.29 is 19.1 Å². The van der Waals surface area contributed by atoms with Gasteiger partial charge in [0.1, 0.15) is 11.8 Å². The number of rotatable bonds is 7. The average Bonchev–Trinajstić information content (AvgIpc) is 3.30. The molecule has 0 aromatic heterocycles. The molecular weight excluding hydrogens is 430 g/mol. The first-order chi connectivity index (χ1) is 16.5. The topological polar surface area (TPSA) is 71.4 Å². The zero-order chi connectivity index (χ0) is 24.1. The van der Waals surface area contributed by atoms with Crippen molar-refractivity contribution in [2.75, 3.05) is 26.8 Å². The molecule has 7 nitrogen and oxygen atoms in total. The highest BCUT2D eigenvalue weighted by Gasteiger charge is 2.37. The number of likely N-dealkylation sites (tertiary alicyclic amines) is 1. The van der Waals surface area contributed by atoms with Crippen molar-refractivity contribution in [1.29, 1.82) is 0 Å². The van der Waals surface area contributed by atoms with Gasteiger partial charge in [-0.1, -0.05) is 30.7 Å². The first-order valence-electron chi connectivity index (χ1n) is 12.0. The van der Waals surface area contributed by atoms with E-state index in [0.29, 0.717) is 26.0 Å². The molecule has 180 valence electrons. The van der Waals surface area contributed by atoms with Gasteiger partial charge in [-0.15, -0.1) is 0 Å². The second-order valence-electron chi connectivity index (χ2n) is 8.82. The number of carbonyl (C=O) groups is 2. The van der Waals surface area contributed by atoms with E-state index in [0.717, 1.165) is 41.0 Å². The van der Waals surface area contributed by atoms with Crippen LogP contribution in [0.2, 0.25) is 0 Å². The fourth-order valence-corrected chi connectivity index (χ4v) is 4.83. The Morgan fingerprint density at radius 3 is 2.56 bits per heavy atom. The summed E-state index contributed by atoms with van der Waals surface area (Å²) in [5, 5.41) is 6.42. The Kier molecular flexibility index (Phi) is 7.63. The summed E-state index contributed by atoms with van der Waals surface area (Å²) in [6.45, 7) is 5.06. The summed E-state index contributed by atoms with van der Waals surface area (Å²) < 4.78 is 10.6. The van der Waals surface area contributed by atoms with Gasteiger partial charge in [-0.25, -0.2) is 5.01 Å². The van der Waals surface area contributed by atoms with E-state index in [2.05, 4.69) is 19.1 Å². The van der Waals surface area contributed by atoms with E-state index in [4.69, 9.17) is 14.6 Å². The van der Waals surface area contributed by atoms with Crippen LogP contribution in [-0.2, 0) is 14.3 Å². The van der Waals surface area contributed by atoms with Crippen LogP contribution in [0.15, 0.2) is 53.6 Å². The Bertz CT molecular complexity index is 1050. The monoisotopic (exact) mass is 463 g/mol. The van der Waals surface area contributed by atoms with Crippen LogP contribution in [0.25, 0.3) is 0 Å². The zero-order valence-electron chi connectivity index (χ0n) is 20.2. The molecule has 1 fully saturated rings. The molecule has 0 saturated carbocycles. The molecule has 0 spiro atoms. The Labute approximate surface area is 201 Å². The summed E-state index contributed by atoms with van der Waals surface area (Å²) in [5.74, 6) is 0.433. The number of benzene rings is 2. The summed E-state index contributed by atoms with van der Waals surface area (Å²) in [6.07, 6.45) is 3.27. The summed E-state index contributed by atoms with van der Waals surface area (Å²) in [7, 11) is 1.64. The van der Waals surface area contributed by atoms with Gasteiger partial charge in [0.2, 0.25) is 0 Å². The van der Waals surface area contributed by atoms with Gasteiger partial charge in [0.15, 0.2) is 0 Å². The second kappa shape index (κ2) is 10.8. The summed E-state index contributed by atoms with van der Waals surface area (Å²) in [5.41, 5.74) is 4.05. The molecule has 2 aliphatic heterocycles. The van der Waals surface area contributed by atoms with Gasteiger partial charge < -0.3 is 9.47 Å². The molecule has 0 unspecified atom stereocenters. The number of amides is 1. The maximum Gasteiger partial charge on any atom is 0.323 e. The molecule has 2 aromatic carbocycles. The van der Waals surface area contributed by atoms with Gasteiger partial charge in [-0.3, -0.25) is 14.5 Å². The Hall–Kier alpha value is -3.19. The highest BCUT2D eigenvalue weighted by molar-refractivity contribution is 6.03. The molecule has 2 aromatic rings. The summed E-state index contributed by atoms with van der Waals surface area (Å²) in [4.78, 5) is 28.1. The van der Waals surface area contributed by atoms with Gasteiger partial charge in [0.05, 0.1) is 32.0 Å². The number of carbonyl (C=O) groups excluding carboxylic acids is 2. The quantitative estimate of drug-likeness (QED) is 0.578. The molecule has 1 amide bonds. The van der Waals surface area contributed by atoms with E-state index in [1.54, 1.807) is 12.1 Å². The van der Waals surface area contributed by atoms with Crippen molar-refractivity contribution >= 4 is 17.6 Å². The molecule has 7 heteroatoms. The van der Waals surface area contributed by atoms with E-state index >= 15 is 0 Å². The standard InChI is InChI=1S/C27H33N3O4/c1-4-34-27(32)24-11-7-8-16-29(24)18-26(31)30-25(22-10-6-5-9-19(22)2)17-23(28-30)20-12-14-21(33-3)15-13-20/h5-6,9-10,12-15,24-25H,4,7-8,11,16-18H2,1-3H3/t24-,25+/m1/s1. The number of methoxy groups -OCH3 is 1. The molecule has 2 aliphatic rings. The number of hydrogen-bond acceptors (Lipinski definition) is 6. The largest absolute Gasteiger partial charge is 0.497 e. The summed E-state index contributed by atoms with van der Waals surface area (Å²) >= 11 is 0. The van der Waals surface area contributed by atoms with Gasteiger partial charge in [-0.2, -0.15) is 5.10 Å². The fraction of sp³-hybridized carbons (Fsp3) is 0.444. The average molecular weight is 464 g/mol. The number of ether oxygens (including phenoxy) is 2. The van der Waals surface area contributed by atoms with Gasteiger partial charge in [0, 0.05) is 6.42 Å². The third kappa shape index (κ3) is 5.14. The number of esters is 1.